The van der Waals surface area contributed by atoms with E-state index in [0.29, 0.717) is 23.9 Å². The largest absolute Gasteiger partial charge is 0.361 e. The van der Waals surface area contributed by atoms with Gasteiger partial charge in [-0.15, -0.1) is 0 Å². The molecule has 1 heterocycles. The molecule has 1 amide bonds. The Hall–Kier alpha value is -1.17. The second-order valence-electron chi connectivity index (χ2n) is 5.85. The highest BCUT2D eigenvalue weighted by Crippen LogP contribution is 2.22. The maximum Gasteiger partial charge on any atom is 0.235 e. The summed E-state index contributed by atoms with van der Waals surface area (Å²) in [5.41, 5.74) is 0.637. The zero-order valence-electron chi connectivity index (χ0n) is 12.8. The van der Waals surface area contributed by atoms with Gasteiger partial charge in [0.15, 0.2) is 0 Å². The van der Waals surface area contributed by atoms with Crippen molar-refractivity contribution >= 4 is 16.7 Å². The molecule has 0 bridgehead atoms. The van der Waals surface area contributed by atoms with E-state index in [4.69, 9.17) is 4.52 Å². The number of carbonyl (C=O) groups excluding carboxylic acids is 1. The average Bonchev–Trinajstić information content (AvgIpc) is 2.90. The molecule has 2 rings (SSSR count). The van der Waals surface area contributed by atoms with Gasteiger partial charge in [0.1, 0.15) is 11.0 Å². The van der Waals surface area contributed by atoms with Crippen molar-refractivity contribution in [1.82, 2.24) is 10.5 Å². The Morgan fingerprint density at radius 2 is 2.19 bits per heavy atom. The van der Waals surface area contributed by atoms with Crippen LogP contribution in [0, 0.1) is 12.8 Å². The van der Waals surface area contributed by atoms with E-state index < -0.39 is 16.0 Å². The molecular weight excluding hydrogens is 288 g/mol. The van der Waals surface area contributed by atoms with Crippen molar-refractivity contribution in [2.24, 2.45) is 5.92 Å². The Bertz CT molecular complexity index is 495. The van der Waals surface area contributed by atoms with Gasteiger partial charge >= 0.3 is 0 Å². The maximum absolute atomic E-state index is 12.2. The molecule has 1 aliphatic rings. The van der Waals surface area contributed by atoms with Gasteiger partial charge in [0, 0.05) is 23.4 Å². The summed E-state index contributed by atoms with van der Waals surface area (Å²) >= 11 is 0. The minimum atomic E-state index is -1.27. The first-order valence-corrected chi connectivity index (χ1v) is 9.01. The van der Waals surface area contributed by atoms with E-state index in [1.54, 1.807) is 19.9 Å². The summed E-state index contributed by atoms with van der Waals surface area (Å²) in [6.07, 6.45) is 6.20. The lowest BCUT2D eigenvalue weighted by Crippen LogP contribution is -2.38. The first-order valence-electron chi connectivity index (χ1n) is 7.63. The van der Waals surface area contributed by atoms with Gasteiger partial charge in [-0.1, -0.05) is 24.4 Å². The lowest BCUT2D eigenvalue weighted by atomic mass is 9.89. The summed E-state index contributed by atoms with van der Waals surface area (Å²) in [7, 11) is -1.27. The van der Waals surface area contributed by atoms with Crippen LogP contribution in [0.4, 0.5) is 0 Å². The van der Waals surface area contributed by atoms with Gasteiger partial charge in [-0.2, -0.15) is 0 Å². The van der Waals surface area contributed by atoms with E-state index in [2.05, 4.69) is 10.5 Å². The zero-order chi connectivity index (χ0) is 15.2. The zero-order valence-corrected chi connectivity index (χ0v) is 13.6. The lowest BCUT2D eigenvalue weighted by Gasteiger charge is -2.22. The van der Waals surface area contributed by atoms with Crippen LogP contribution in [-0.2, 0) is 21.3 Å². The fourth-order valence-corrected chi connectivity index (χ4v) is 3.66. The summed E-state index contributed by atoms with van der Waals surface area (Å²) < 4.78 is 17.1. The van der Waals surface area contributed by atoms with Crippen molar-refractivity contribution in [2.75, 3.05) is 6.54 Å². The van der Waals surface area contributed by atoms with Gasteiger partial charge < -0.3 is 9.84 Å². The number of hydrogen-bond donors (Lipinski definition) is 1. The Balaban J connectivity index is 1.76. The van der Waals surface area contributed by atoms with Gasteiger partial charge in [-0.25, -0.2) is 0 Å². The van der Waals surface area contributed by atoms with E-state index in [1.165, 1.54) is 32.1 Å². The van der Waals surface area contributed by atoms with Crippen LogP contribution in [-0.4, -0.2) is 27.1 Å². The minimum absolute atomic E-state index is 0.126. The number of nitrogens with zero attached hydrogens (tertiary/aromatic N) is 1. The van der Waals surface area contributed by atoms with E-state index in [-0.39, 0.29) is 11.7 Å². The van der Waals surface area contributed by atoms with Crippen LogP contribution in [0.15, 0.2) is 10.6 Å². The Labute approximate surface area is 128 Å². The highest BCUT2D eigenvalue weighted by molar-refractivity contribution is 7.85. The number of rotatable bonds is 6. The molecule has 1 aromatic rings. The Kier molecular flexibility index (Phi) is 5.96. The van der Waals surface area contributed by atoms with Gasteiger partial charge in [0.2, 0.25) is 5.91 Å². The fraction of sp³-hybridized carbons (Fsp3) is 0.733. The Morgan fingerprint density at radius 3 is 2.81 bits per heavy atom. The number of aryl methyl sites for hydroxylation is 1. The normalized spacial score (nSPS) is 19.1. The summed E-state index contributed by atoms with van der Waals surface area (Å²) in [5.74, 6) is 1.41. The molecule has 0 spiro atoms. The number of nitrogens with one attached hydrogen (secondary N) is 1. The van der Waals surface area contributed by atoms with Crippen molar-refractivity contribution in [1.29, 1.82) is 0 Å². The predicted octanol–water partition coefficient (Wildman–Crippen LogP) is 2.32. The highest BCUT2D eigenvalue weighted by Gasteiger charge is 2.22. The SMILES string of the molecule is Cc1cc(C[S@](=O)[C@H](C)C(=O)NCC2CCCCC2)no1. The molecule has 21 heavy (non-hydrogen) atoms. The fourth-order valence-electron chi connectivity index (χ4n) is 2.66. The number of amides is 1. The summed E-state index contributed by atoms with van der Waals surface area (Å²) in [6, 6.07) is 1.75. The van der Waals surface area contributed by atoms with Gasteiger partial charge in [0.25, 0.3) is 0 Å². The molecule has 1 aliphatic carbocycles. The van der Waals surface area contributed by atoms with Crippen molar-refractivity contribution in [2.45, 2.75) is 57.0 Å². The number of hydrogen-bond acceptors (Lipinski definition) is 4. The minimum Gasteiger partial charge on any atom is -0.361 e. The van der Waals surface area contributed by atoms with Gasteiger partial charge in [0.05, 0.1) is 11.4 Å². The standard InChI is InChI=1S/C15H24N2O3S/c1-11-8-14(17-20-11)10-21(19)12(2)15(18)16-9-13-6-4-3-5-7-13/h8,12-13H,3-7,9-10H2,1-2H3,(H,16,18)/t12-,21+/m1/s1. The molecule has 0 saturated heterocycles. The van der Waals surface area contributed by atoms with E-state index in [0.717, 1.165) is 0 Å². The number of carbonyl (C=O) groups is 1. The molecule has 118 valence electrons. The van der Waals surface area contributed by atoms with Gasteiger partial charge in [-0.3, -0.25) is 9.00 Å². The van der Waals surface area contributed by atoms with Gasteiger partial charge in [-0.05, 0) is 32.6 Å². The summed E-state index contributed by atoms with van der Waals surface area (Å²) in [6.45, 7) is 4.21. The van der Waals surface area contributed by atoms with Crippen LogP contribution < -0.4 is 5.32 Å². The van der Waals surface area contributed by atoms with Crippen LogP contribution in [0.3, 0.4) is 0 Å². The highest BCUT2D eigenvalue weighted by atomic mass is 32.2. The molecule has 6 heteroatoms. The molecule has 0 radical (unpaired) electrons. The smallest absolute Gasteiger partial charge is 0.235 e. The van der Waals surface area contributed by atoms with Crippen molar-refractivity contribution in [3.8, 4) is 0 Å². The van der Waals surface area contributed by atoms with E-state index in [9.17, 15) is 9.00 Å². The second-order valence-corrected chi connectivity index (χ2v) is 7.60. The average molecular weight is 312 g/mol. The summed E-state index contributed by atoms with van der Waals surface area (Å²) in [4.78, 5) is 12.1. The topological polar surface area (TPSA) is 72.2 Å². The number of aromatic nitrogens is 1. The molecular formula is C15H24N2O3S. The van der Waals surface area contributed by atoms with Crippen LogP contribution in [0.25, 0.3) is 0 Å². The lowest BCUT2D eigenvalue weighted by molar-refractivity contribution is -0.120. The third-order valence-corrected chi connectivity index (χ3v) is 5.60. The van der Waals surface area contributed by atoms with Crippen LogP contribution in [0.5, 0.6) is 0 Å². The van der Waals surface area contributed by atoms with Crippen LogP contribution in [0.1, 0.15) is 50.5 Å². The molecule has 0 aliphatic heterocycles. The third-order valence-electron chi connectivity index (χ3n) is 4.02. The van der Waals surface area contributed by atoms with Crippen molar-refractivity contribution in [3.05, 3.63) is 17.5 Å². The molecule has 1 aromatic heterocycles. The quantitative estimate of drug-likeness (QED) is 0.875. The molecule has 0 aromatic carbocycles. The van der Waals surface area contributed by atoms with Crippen molar-refractivity contribution < 1.29 is 13.5 Å². The molecule has 1 N–H and O–H groups in total. The van der Waals surface area contributed by atoms with E-state index >= 15 is 0 Å². The van der Waals surface area contributed by atoms with Crippen LogP contribution in [0.2, 0.25) is 0 Å². The predicted molar refractivity (Wildman–Crippen MR) is 82.1 cm³/mol. The second kappa shape index (κ2) is 7.73. The molecule has 1 fully saturated rings. The first kappa shape index (κ1) is 16.2. The maximum atomic E-state index is 12.2. The monoisotopic (exact) mass is 312 g/mol. The summed E-state index contributed by atoms with van der Waals surface area (Å²) in [5, 5.41) is 6.24. The van der Waals surface area contributed by atoms with Crippen molar-refractivity contribution in [3.63, 3.8) is 0 Å². The third kappa shape index (κ3) is 4.95. The van der Waals surface area contributed by atoms with E-state index in [1.807, 2.05) is 0 Å². The molecule has 0 unspecified atom stereocenters. The molecule has 2 atom stereocenters. The Morgan fingerprint density at radius 1 is 1.48 bits per heavy atom. The first-order chi connectivity index (χ1) is 10.1. The molecule has 1 saturated carbocycles. The van der Waals surface area contributed by atoms with Crippen LogP contribution >= 0.6 is 0 Å². The molecule has 5 nitrogen and oxygen atoms in total.